The first kappa shape index (κ1) is 13.2. The van der Waals surface area contributed by atoms with Crippen molar-refractivity contribution in [2.45, 2.75) is 38.7 Å². The molecule has 100 valence electrons. The molecule has 0 unspecified atom stereocenters. The number of rotatable bonds is 3. The van der Waals surface area contributed by atoms with Gasteiger partial charge in [0.15, 0.2) is 0 Å². The molecule has 3 nitrogen and oxygen atoms in total. The van der Waals surface area contributed by atoms with E-state index < -0.39 is 6.43 Å². The van der Waals surface area contributed by atoms with Crippen LogP contribution in [-0.4, -0.2) is 18.1 Å². The van der Waals surface area contributed by atoms with Crippen LogP contribution >= 0.6 is 0 Å². The Balaban J connectivity index is 2.29. The minimum Gasteiger partial charge on any atom is -0.356 e. The lowest BCUT2D eigenvalue weighted by atomic mass is 10.2. The SMILES string of the molecule is NCc1ccc(C(F)F)nc1N1CCCCCC1. The topological polar surface area (TPSA) is 42.1 Å². The van der Waals surface area contributed by atoms with E-state index >= 15 is 0 Å². The van der Waals surface area contributed by atoms with E-state index in [4.69, 9.17) is 5.73 Å². The first-order valence-corrected chi connectivity index (χ1v) is 6.45. The van der Waals surface area contributed by atoms with E-state index in [1.165, 1.54) is 18.9 Å². The third-order valence-electron chi connectivity index (χ3n) is 3.33. The number of nitrogens with two attached hydrogens (primary N) is 1. The summed E-state index contributed by atoms with van der Waals surface area (Å²) in [5.41, 5.74) is 6.36. The fraction of sp³-hybridized carbons (Fsp3) is 0.615. The van der Waals surface area contributed by atoms with E-state index in [0.29, 0.717) is 12.4 Å². The van der Waals surface area contributed by atoms with Crippen LogP contribution in [-0.2, 0) is 6.54 Å². The summed E-state index contributed by atoms with van der Waals surface area (Å²) in [4.78, 5) is 6.20. The molecule has 1 saturated heterocycles. The average molecular weight is 255 g/mol. The van der Waals surface area contributed by atoms with Crippen LogP contribution in [0.15, 0.2) is 12.1 Å². The number of pyridine rings is 1. The normalized spacial score (nSPS) is 17.0. The van der Waals surface area contributed by atoms with Gasteiger partial charge in [-0.25, -0.2) is 13.8 Å². The van der Waals surface area contributed by atoms with Crippen LogP contribution in [0.2, 0.25) is 0 Å². The predicted molar refractivity (Wildman–Crippen MR) is 67.8 cm³/mol. The maximum absolute atomic E-state index is 12.7. The molecule has 1 aliphatic heterocycles. The quantitative estimate of drug-likeness (QED) is 0.903. The molecule has 2 heterocycles. The fourth-order valence-electron chi connectivity index (χ4n) is 2.33. The Labute approximate surface area is 106 Å². The van der Waals surface area contributed by atoms with Crippen molar-refractivity contribution >= 4 is 5.82 Å². The Hall–Kier alpha value is -1.23. The summed E-state index contributed by atoms with van der Waals surface area (Å²) in [6.07, 6.45) is 2.05. The standard InChI is InChI=1S/C13H19F2N3/c14-12(15)11-6-5-10(9-16)13(17-11)18-7-3-1-2-4-8-18/h5-6,12H,1-4,7-9,16H2. The Bertz CT molecular complexity index is 388. The number of hydrogen-bond acceptors (Lipinski definition) is 3. The molecule has 0 aliphatic carbocycles. The van der Waals surface area contributed by atoms with E-state index in [0.717, 1.165) is 31.5 Å². The van der Waals surface area contributed by atoms with Gasteiger partial charge in [0.2, 0.25) is 0 Å². The predicted octanol–water partition coefficient (Wildman–Crippen LogP) is 2.86. The van der Waals surface area contributed by atoms with E-state index in [1.807, 2.05) is 0 Å². The van der Waals surface area contributed by atoms with E-state index in [9.17, 15) is 8.78 Å². The van der Waals surface area contributed by atoms with Crippen LogP contribution in [0, 0.1) is 0 Å². The molecule has 2 N–H and O–H groups in total. The van der Waals surface area contributed by atoms with Crippen molar-refractivity contribution in [1.82, 2.24) is 4.98 Å². The highest BCUT2D eigenvalue weighted by Crippen LogP contribution is 2.25. The van der Waals surface area contributed by atoms with Gasteiger partial charge in [0, 0.05) is 25.2 Å². The van der Waals surface area contributed by atoms with Crippen LogP contribution in [0.25, 0.3) is 0 Å². The summed E-state index contributed by atoms with van der Waals surface area (Å²) in [7, 11) is 0. The Morgan fingerprint density at radius 1 is 1.17 bits per heavy atom. The molecule has 0 spiro atoms. The van der Waals surface area contributed by atoms with Gasteiger partial charge in [0.25, 0.3) is 6.43 Å². The van der Waals surface area contributed by atoms with E-state index in [1.54, 1.807) is 6.07 Å². The zero-order valence-electron chi connectivity index (χ0n) is 10.4. The summed E-state index contributed by atoms with van der Waals surface area (Å²) in [6, 6.07) is 3.04. The molecular weight excluding hydrogens is 236 g/mol. The van der Waals surface area contributed by atoms with Crippen molar-refractivity contribution in [1.29, 1.82) is 0 Å². The van der Waals surface area contributed by atoms with Crippen molar-refractivity contribution in [2.24, 2.45) is 5.73 Å². The Morgan fingerprint density at radius 2 is 1.83 bits per heavy atom. The summed E-state index contributed by atoms with van der Waals surface area (Å²) in [5.74, 6) is 0.650. The number of nitrogens with zero attached hydrogens (tertiary/aromatic N) is 2. The Morgan fingerprint density at radius 3 is 2.39 bits per heavy atom. The highest BCUT2D eigenvalue weighted by Gasteiger charge is 2.17. The van der Waals surface area contributed by atoms with E-state index in [-0.39, 0.29) is 5.69 Å². The molecule has 1 aromatic heterocycles. The molecular formula is C13H19F2N3. The number of halogens is 2. The number of aromatic nitrogens is 1. The van der Waals surface area contributed by atoms with Gasteiger partial charge in [0.05, 0.1) is 0 Å². The van der Waals surface area contributed by atoms with Crippen molar-refractivity contribution in [3.63, 3.8) is 0 Å². The lowest BCUT2D eigenvalue weighted by Gasteiger charge is -2.24. The third-order valence-corrected chi connectivity index (χ3v) is 3.33. The molecule has 1 aliphatic rings. The number of hydrogen-bond donors (Lipinski definition) is 1. The van der Waals surface area contributed by atoms with Gasteiger partial charge < -0.3 is 10.6 Å². The highest BCUT2D eigenvalue weighted by atomic mass is 19.3. The van der Waals surface area contributed by atoms with Crippen LogP contribution in [0.3, 0.4) is 0 Å². The highest BCUT2D eigenvalue weighted by molar-refractivity contribution is 5.48. The maximum Gasteiger partial charge on any atom is 0.280 e. The molecule has 0 atom stereocenters. The van der Waals surface area contributed by atoms with Gasteiger partial charge >= 0.3 is 0 Å². The first-order valence-electron chi connectivity index (χ1n) is 6.45. The van der Waals surface area contributed by atoms with Crippen molar-refractivity contribution < 1.29 is 8.78 Å². The minimum atomic E-state index is -2.53. The second-order valence-corrected chi connectivity index (χ2v) is 4.62. The van der Waals surface area contributed by atoms with Crippen molar-refractivity contribution in [3.05, 3.63) is 23.4 Å². The molecule has 0 bridgehead atoms. The van der Waals surface area contributed by atoms with Gasteiger partial charge in [-0.1, -0.05) is 18.9 Å². The van der Waals surface area contributed by atoms with Crippen molar-refractivity contribution in [2.75, 3.05) is 18.0 Å². The van der Waals surface area contributed by atoms with E-state index in [2.05, 4.69) is 9.88 Å². The molecule has 1 fully saturated rings. The fourth-order valence-corrected chi connectivity index (χ4v) is 2.33. The Kier molecular flexibility index (Phi) is 4.47. The molecule has 0 saturated carbocycles. The van der Waals surface area contributed by atoms with Gasteiger partial charge in [0.1, 0.15) is 11.5 Å². The van der Waals surface area contributed by atoms with Gasteiger partial charge in [-0.3, -0.25) is 0 Å². The molecule has 5 heteroatoms. The number of anilines is 1. The molecule has 18 heavy (non-hydrogen) atoms. The molecule has 0 amide bonds. The third kappa shape index (κ3) is 2.96. The zero-order chi connectivity index (χ0) is 13.0. The van der Waals surface area contributed by atoms with Gasteiger partial charge in [-0.2, -0.15) is 0 Å². The summed E-state index contributed by atoms with van der Waals surface area (Å²) in [6.45, 7) is 2.10. The number of alkyl halides is 2. The molecule has 2 rings (SSSR count). The maximum atomic E-state index is 12.7. The van der Waals surface area contributed by atoms with Gasteiger partial charge in [-0.05, 0) is 18.9 Å². The lowest BCUT2D eigenvalue weighted by molar-refractivity contribution is 0.146. The molecule has 1 aromatic rings. The smallest absolute Gasteiger partial charge is 0.280 e. The average Bonchev–Trinajstić information content (AvgIpc) is 2.66. The van der Waals surface area contributed by atoms with Crippen LogP contribution in [0.1, 0.15) is 43.4 Å². The van der Waals surface area contributed by atoms with Crippen LogP contribution in [0.4, 0.5) is 14.6 Å². The lowest BCUT2D eigenvalue weighted by Crippen LogP contribution is -2.27. The van der Waals surface area contributed by atoms with Crippen molar-refractivity contribution in [3.8, 4) is 0 Å². The van der Waals surface area contributed by atoms with Gasteiger partial charge in [-0.15, -0.1) is 0 Å². The summed E-state index contributed by atoms with van der Waals surface area (Å²) >= 11 is 0. The van der Waals surface area contributed by atoms with Crippen LogP contribution < -0.4 is 10.6 Å². The molecule has 0 aromatic carbocycles. The summed E-state index contributed by atoms with van der Waals surface area (Å²) < 4.78 is 25.4. The van der Waals surface area contributed by atoms with Crippen LogP contribution in [0.5, 0.6) is 0 Å². The zero-order valence-corrected chi connectivity index (χ0v) is 10.4. The second-order valence-electron chi connectivity index (χ2n) is 4.62. The largest absolute Gasteiger partial charge is 0.356 e. The monoisotopic (exact) mass is 255 g/mol. The minimum absolute atomic E-state index is 0.161. The summed E-state index contributed by atoms with van der Waals surface area (Å²) in [5, 5.41) is 0. The first-order chi connectivity index (χ1) is 8.72. The second kappa shape index (κ2) is 6.09. The molecule has 0 radical (unpaired) electrons.